The normalized spacial score (nSPS) is 14.7. The maximum atomic E-state index is 14.4. The number of esters is 1. The van der Waals surface area contributed by atoms with Crippen molar-refractivity contribution in [2.45, 2.75) is 162 Å². The predicted octanol–water partition coefficient (Wildman–Crippen LogP) is 3.31. The van der Waals surface area contributed by atoms with Crippen LogP contribution in [0.25, 0.3) is 0 Å². The van der Waals surface area contributed by atoms with Gasteiger partial charge in [-0.2, -0.15) is 0 Å². The highest BCUT2D eigenvalue weighted by atomic mass is 32.1. The fraction of sp³-hybridized carbons (Fsp3) is 0.681. The van der Waals surface area contributed by atoms with Gasteiger partial charge in [-0.3, -0.25) is 62.5 Å². The molecular formula is C69H110N10O21S. The minimum absolute atomic E-state index is 0.00937. The van der Waals surface area contributed by atoms with Crippen molar-refractivity contribution in [1.29, 1.82) is 0 Å². The van der Waals surface area contributed by atoms with Crippen LogP contribution in [0.4, 0.5) is 5.69 Å². The predicted molar refractivity (Wildman–Crippen MR) is 373 cm³/mol. The van der Waals surface area contributed by atoms with E-state index in [1.54, 1.807) is 51.9 Å². The van der Waals surface area contributed by atoms with Crippen LogP contribution in [0.5, 0.6) is 5.75 Å². The maximum absolute atomic E-state index is 14.4. The lowest BCUT2D eigenvalue weighted by Gasteiger charge is -2.38. The fourth-order valence-corrected chi connectivity index (χ4v) is 10.9. The molecule has 31 nitrogen and oxygen atoms in total. The summed E-state index contributed by atoms with van der Waals surface area (Å²) in [5, 5.41) is 39.2. The first kappa shape index (κ1) is 87.7. The number of carboxylic acids is 1. The van der Waals surface area contributed by atoms with E-state index in [2.05, 4.69) is 36.9 Å². The van der Waals surface area contributed by atoms with E-state index in [4.69, 9.17) is 37.9 Å². The zero-order valence-electron chi connectivity index (χ0n) is 61.0. The molecule has 0 bridgehead atoms. The third-order valence-electron chi connectivity index (χ3n) is 16.9. The lowest BCUT2D eigenvalue weighted by Crippen LogP contribution is -2.60. The Morgan fingerprint density at radius 2 is 1.31 bits per heavy atom. The number of aliphatic carboxylic acids is 1. The molecule has 9 amide bonds. The first-order valence-electron chi connectivity index (χ1n) is 34.3. The van der Waals surface area contributed by atoms with Crippen molar-refractivity contribution in [1.82, 2.24) is 46.3 Å². The van der Waals surface area contributed by atoms with Crippen molar-refractivity contribution in [3.63, 3.8) is 0 Å². The number of phenolic OH excluding ortho intramolecular Hbond substituents is 1. The van der Waals surface area contributed by atoms with E-state index in [0.717, 1.165) is 28.4 Å². The molecule has 0 saturated carbocycles. The van der Waals surface area contributed by atoms with Gasteiger partial charge in [0.05, 0.1) is 96.4 Å². The number of rotatable bonds is 53. The first-order chi connectivity index (χ1) is 47.9. The van der Waals surface area contributed by atoms with Gasteiger partial charge in [-0.25, -0.2) is 4.98 Å². The molecule has 8 N–H and O–H groups in total. The standard InChI is InChI=1S/C69H110N10O21S/c1-14-45(4)61(76-68(92)69(8,9)77(10)11)66(89)78(12)54(44(2)3)41-56(100-48(7)80)65-75-53(43-101-65)64(88)72-50(38-46(5)67(90)91)39-49-20-21-55(81)52(40-49)74-62(86)47(6)71-63(87)51(73-57(82)19-17-25-79-59(84)22-23-60(79)85)18-15-16-24-70-58(83)42-99-37-36-98-35-34-97-33-32-96-31-30-95-29-28-94-27-26-93-13/h20-23,40,43-47,50-51,54,56,61,81H,14-19,24-39,41-42H2,1-13H3,(H,70,83)(H,71,87)(H,72,88)(H,73,82)(H,74,86)(H,76,92)(H,90,91)/t45-,46?,47-,50+,51-,54+,56+,61-/m0/s1. The van der Waals surface area contributed by atoms with Gasteiger partial charge >= 0.3 is 11.9 Å². The fourth-order valence-electron chi connectivity index (χ4n) is 10.1. The number of aromatic nitrogens is 1. The van der Waals surface area contributed by atoms with Gasteiger partial charge in [-0.1, -0.05) is 47.1 Å². The number of carbonyl (C=O) groups excluding carboxylic acids is 10. The second-order valence-corrected chi connectivity index (χ2v) is 26.6. The van der Waals surface area contributed by atoms with Crippen LogP contribution < -0.4 is 31.9 Å². The number of ether oxygens (including phenoxy) is 8. The zero-order chi connectivity index (χ0) is 75.2. The zero-order valence-corrected chi connectivity index (χ0v) is 61.8. The van der Waals surface area contributed by atoms with Gasteiger partial charge in [0.25, 0.3) is 17.7 Å². The summed E-state index contributed by atoms with van der Waals surface area (Å²) in [4.78, 5) is 153. The number of unbranched alkanes of at least 4 members (excludes halogenated alkanes) is 1. The van der Waals surface area contributed by atoms with E-state index in [0.29, 0.717) is 90.9 Å². The average molecular weight is 1450 g/mol. The van der Waals surface area contributed by atoms with Crippen molar-refractivity contribution in [2.75, 3.05) is 133 Å². The second-order valence-electron chi connectivity index (χ2n) is 25.7. The van der Waals surface area contributed by atoms with E-state index in [1.807, 2.05) is 27.7 Å². The number of aromatic hydroxyl groups is 1. The van der Waals surface area contributed by atoms with Gasteiger partial charge in [0.1, 0.15) is 41.2 Å². The minimum atomic E-state index is -1.26. The topological polar surface area (TPSA) is 397 Å². The Morgan fingerprint density at radius 3 is 1.85 bits per heavy atom. The number of hydrogen-bond acceptors (Lipinski definition) is 23. The number of nitrogens with zero attached hydrogens (tertiary/aromatic N) is 4. The number of likely N-dealkylation sites (N-methyl/N-ethyl adjacent to an activating group) is 2. The molecule has 1 unspecified atom stereocenters. The molecule has 1 aliphatic rings. The highest BCUT2D eigenvalue weighted by Crippen LogP contribution is 2.32. The summed E-state index contributed by atoms with van der Waals surface area (Å²) in [6, 6.07) is -0.480. The average Bonchev–Trinajstić information content (AvgIpc) is 1.70. The van der Waals surface area contributed by atoms with Crippen LogP contribution in [-0.4, -0.2) is 258 Å². The largest absolute Gasteiger partial charge is 0.506 e. The van der Waals surface area contributed by atoms with Crippen LogP contribution >= 0.6 is 11.3 Å². The van der Waals surface area contributed by atoms with E-state index in [1.165, 1.54) is 44.4 Å². The number of anilines is 1. The van der Waals surface area contributed by atoms with Crippen LogP contribution in [0.2, 0.25) is 0 Å². The Labute approximate surface area is 596 Å². The molecule has 0 radical (unpaired) electrons. The monoisotopic (exact) mass is 1450 g/mol. The van der Waals surface area contributed by atoms with E-state index < -0.39 is 95.2 Å². The quantitative estimate of drug-likeness (QED) is 0.0204. The van der Waals surface area contributed by atoms with Gasteiger partial charge in [-0.05, 0) is 103 Å². The molecule has 2 heterocycles. The number of benzene rings is 1. The first-order valence-corrected chi connectivity index (χ1v) is 35.2. The van der Waals surface area contributed by atoms with Gasteiger partial charge in [0, 0.05) is 76.6 Å². The molecule has 568 valence electrons. The van der Waals surface area contributed by atoms with Gasteiger partial charge in [0.2, 0.25) is 35.4 Å². The van der Waals surface area contributed by atoms with Crippen molar-refractivity contribution in [3.05, 3.63) is 52.0 Å². The van der Waals surface area contributed by atoms with Crippen LogP contribution in [0.15, 0.2) is 35.7 Å². The number of hydrogen-bond donors (Lipinski definition) is 8. The Morgan fingerprint density at radius 1 is 0.723 bits per heavy atom. The molecule has 0 fully saturated rings. The molecule has 8 atom stereocenters. The molecule has 1 aliphatic heterocycles. The number of methoxy groups -OCH3 is 1. The molecule has 101 heavy (non-hydrogen) atoms. The molecule has 3 rings (SSSR count). The third-order valence-corrected chi connectivity index (χ3v) is 17.8. The van der Waals surface area contributed by atoms with Crippen molar-refractivity contribution >= 4 is 82.1 Å². The number of thiazole rings is 1. The van der Waals surface area contributed by atoms with Crippen LogP contribution in [-0.2, 0) is 92.3 Å². The Bertz CT molecular complexity index is 2980. The van der Waals surface area contributed by atoms with Gasteiger partial charge < -0.3 is 84.9 Å². The van der Waals surface area contributed by atoms with Crippen LogP contribution in [0.1, 0.15) is 141 Å². The Kier molecular flexibility index (Phi) is 40.7. The number of nitrogens with one attached hydrogen (secondary N) is 6. The van der Waals surface area contributed by atoms with Gasteiger partial charge in [-0.15, -0.1) is 11.3 Å². The number of imide groups is 1. The number of amides is 9. The summed E-state index contributed by atoms with van der Waals surface area (Å²) < 4.78 is 43.3. The maximum Gasteiger partial charge on any atom is 0.306 e. The molecule has 0 spiro atoms. The number of carbonyl (C=O) groups is 11. The Balaban J connectivity index is 1.64. The lowest BCUT2D eigenvalue weighted by molar-refractivity contribution is -0.149. The summed E-state index contributed by atoms with van der Waals surface area (Å²) >= 11 is 1.05. The lowest BCUT2D eigenvalue weighted by atomic mass is 9.92. The van der Waals surface area contributed by atoms with Crippen molar-refractivity contribution in [2.24, 2.45) is 17.8 Å². The molecule has 1 aromatic carbocycles. The summed E-state index contributed by atoms with van der Waals surface area (Å²) in [5.74, 6) is -8.35. The third kappa shape index (κ3) is 32.5. The summed E-state index contributed by atoms with van der Waals surface area (Å²) in [6.45, 7) is 19.9. The molecule has 1 aromatic heterocycles. The van der Waals surface area contributed by atoms with Crippen LogP contribution in [0, 0.1) is 17.8 Å². The summed E-state index contributed by atoms with van der Waals surface area (Å²) in [6.07, 6.45) is 2.54. The molecule has 2 aromatic rings. The summed E-state index contributed by atoms with van der Waals surface area (Å²) in [7, 11) is 6.80. The molecule has 32 heteroatoms. The number of carboxylic acid groups (broad SMARTS) is 1. The highest BCUT2D eigenvalue weighted by Gasteiger charge is 2.39. The molecule has 0 aliphatic carbocycles. The second kappa shape index (κ2) is 46.9. The minimum Gasteiger partial charge on any atom is -0.506 e. The van der Waals surface area contributed by atoms with Gasteiger partial charge in [0.15, 0.2) is 6.10 Å². The molecule has 0 saturated heterocycles. The SMILES string of the molecule is CC[C@H](C)[C@H](NC(=O)C(C)(C)N(C)C)C(=O)N(C)[C@H](C[C@@H](OC(C)=O)c1nc(C(=O)N[C@@H](Cc2ccc(O)c(NC(=O)[C@H](C)NC(=O)[C@H](CCCCNC(=O)COCCOCCOCCOCCOCCOCCOC)NC(=O)CCCN3C(=O)C=CC3=O)c2)CC(C)C(=O)O)cs1)C(C)C. The van der Waals surface area contributed by atoms with Crippen molar-refractivity contribution < 1.29 is 101 Å². The smallest absolute Gasteiger partial charge is 0.306 e. The van der Waals surface area contributed by atoms with Crippen LogP contribution in [0.3, 0.4) is 0 Å². The summed E-state index contributed by atoms with van der Waals surface area (Å²) in [5.41, 5.74) is -0.633. The van der Waals surface area contributed by atoms with E-state index >= 15 is 0 Å². The van der Waals surface area contributed by atoms with E-state index in [9.17, 15) is 63.0 Å². The van der Waals surface area contributed by atoms with E-state index in [-0.39, 0.29) is 123 Å². The van der Waals surface area contributed by atoms with Crippen molar-refractivity contribution in [3.8, 4) is 5.75 Å². The molecular weight excluding hydrogens is 1340 g/mol. The highest BCUT2D eigenvalue weighted by molar-refractivity contribution is 7.09. The Hall–Kier alpha value is -7.56. The number of phenols is 1.